The van der Waals surface area contributed by atoms with Crippen LogP contribution in [-0.4, -0.2) is 29.6 Å². The lowest BCUT2D eigenvalue weighted by Gasteiger charge is -2.38. The summed E-state index contributed by atoms with van der Waals surface area (Å²) in [5.74, 6) is 0.406. The molecule has 0 radical (unpaired) electrons. The summed E-state index contributed by atoms with van der Waals surface area (Å²) in [4.78, 5) is 14.5. The molecule has 4 heteroatoms. The van der Waals surface area contributed by atoms with Crippen molar-refractivity contribution < 1.29 is 4.79 Å². The SMILES string of the molecule is CC(C)CN1C(=O)c2ccccc2CC1/C(C=N)=C/N. The van der Waals surface area contributed by atoms with Crippen molar-refractivity contribution in [3.05, 3.63) is 47.2 Å². The Hall–Kier alpha value is -2.10. The molecular formula is C16H21N3O. The van der Waals surface area contributed by atoms with E-state index in [-0.39, 0.29) is 11.9 Å². The molecule has 0 saturated heterocycles. The van der Waals surface area contributed by atoms with Gasteiger partial charge >= 0.3 is 0 Å². The molecule has 0 bridgehead atoms. The zero-order valence-corrected chi connectivity index (χ0v) is 12.0. The molecular weight excluding hydrogens is 250 g/mol. The summed E-state index contributed by atoms with van der Waals surface area (Å²) < 4.78 is 0. The summed E-state index contributed by atoms with van der Waals surface area (Å²) in [6.45, 7) is 4.84. The predicted octanol–water partition coefficient (Wildman–Crippen LogP) is 2.20. The molecule has 3 N–H and O–H groups in total. The Morgan fingerprint density at radius 2 is 2.20 bits per heavy atom. The molecule has 0 aliphatic carbocycles. The fraction of sp³-hybridized carbons (Fsp3) is 0.375. The second kappa shape index (κ2) is 5.90. The first-order valence-electron chi connectivity index (χ1n) is 6.89. The zero-order valence-electron chi connectivity index (χ0n) is 12.0. The molecule has 4 nitrogen and oxygen atoms in total. The molecule has 1 atom stereocenters. The van der Waals surface area contributed by atoms with Crippen molar-refractivity contribution in [1.29, 1.82) is 5.41 Å². The highest BCUT2D eigenvalue weighted by Crippen LogP contribution is 2.27. The number of hydrogen-bond acceptors (Lipinski definition) is 3. The van der Waals surface area contributed by atoms with E-state index in [4.69, 9.17) is 11.1 Å². The van der Waals surface area contributed by atoms with Gasteiger partial charge in [0.2, 0.25) is 0 Å². The first kappa shape index (κ1) is 14.3. The van der Waals surface area contributed by atoms with Crippen LogP contribution in [0, 0.1) is 11.3 Å². The number of nitrogens with zero attached hydrogens (tertiary/aromatic N) is 1. The highest BCUT2D eigenvalue weighted by Gasteiger charge is 2.33. The van der Waals surface area contributed by atoms with E-state index < -0.39 is 0 Å². The topological polar surface area (TPSA) is 70.2 Å². The average molecular weight is 271 g/mol. The van der Waals surface area contributed by atoms with Gasteiger partial charge in [0.15, 0.2) is 0 Å². The molecule has 2 rings (SSSR count). The summed E-state index contributed by atoms with van der Waals surface area (Å²) in [6, 6.07) is 7.54. The van der Waals surface area contributed by atoms with E-state index >= 15 is 0 Å². The van der Waals surface area contributed by atoms with Crippen LogP contribution in [0.1, 0.15) is 29.8 Å². The molecule has 1 aromatic rings. The van der Waals surface area contributed by atoms with Crippen molar-refractivity contribution in [2.24, 2.45) is 11.7 Å². The van der Waals surface area contributed by atoms with Crippen molar-refractivity contribution >= 4 is 12.1 Å². The number of fused-ring (bicyclic) bond motifs is 1. The van der Waals surface area contributed by atoms with Crippen molar-refractivity contribution in [3.63, 3.8) is 0 Å². The number of carbonyl (C=O) groups excluding carboxylic acids is 1. The lowest BCUT2D eigenvalue weighted by atomic mass is 9.89. The summed E-state index contributed by atoms with van der Waals surface area (Å²) in [5.41, 5.74) is 8.11. The van der Waals surface area contributed by atoms with Gasteiger partial charge in [0.25, 0.3) is 5.91 Å². The van der Waals surface area contributed by atoms with E-state index in [0.717, 1.165) is 11.1 Å². The minimum Gasteiger partial charge on any atom is -0.404 e. The van der Waals surface area contributed by atoms with E-state index in [1.807, 2.05) is 29.2 Å². The Bertz CT molecular complexity index is 548. The maximum absolute atomic E-state index is 12.7. The lowest BCUT2D eigenvalue weighted by molar-refractivity contribution is 0.0660. The van der Waals surface area contributed by atoms with Gasteiger partial charge in [0, 0.05) is 30.1 Å². The van der Waals surface area contributed by atoms with E-state index in [2.05, 4.69) is 13.8 Å². The number of nitrogens with one attached hydrogen (secondary N) is 1. The Morgan fingerprint density at radius 3 is 2.80 bits per heavy atom. The number of benzene rings is 1. The van der Waals surface area contributed by atoms with E-state index in [9.17, 15) is 4.79 Å². The van der Waals surface area contributed by atoms with Crippen LogP contribution in [-0.2, 0) is 6.42 Å². The molecule has 1 amide bonds. The van der Waals surface area contributed by atoms with Crippen LogP contribution in [0.5, 0.6) is 0 Å². The minimum atomic E-state index is -0.137. The van der Waals surface area contributed by atoms with Gasteiger partial charge in [0.05, 0.1) is 6.04 Å². The number of amides is 1. The van der Waals surface area contributed by atoms with Crippen molar-refractivity contribution in [2.75, 3.05) is 6.54 Å². The van der Waals surface area contributed by atoms with Crippen molar-refractivity contribution in [3.8, 4) is 0 Å². The molecule has 1 aromatic carbocycles. The van der Waals surface area contributed by atoms with Crippen LogP contribution in [0.3, 0.4) is 0 Å². The van der Waals surface area contributed by atoms with Crippen molar-refractivity contribution in [2.45, 2.75) is 26.3 Å². The minimum absolute atomic E-state index is 0.0340. The second-order valence-electron chi connectivity index (χ2n) is 5.54. The Morgan fingerprint density at radius 1 is 1.50 bits per heavy atom. The van der Waals surface area contributed by atoms with Gasteiger partial charge in [0.1, 0.15) is 0 Å². The average Bonchev–Trinajstić information content (AvgIpc) is 2.44. The molecule has 0 saturated carbocycles. The third kappa shape index (κ3) is 2.59. The van der Waals surface area contributed by atoms with E-state index in [1.54, 1.807) is 0 Å². The molecule has 1 aliphatic heterocycles. The Kier molecular flexibility index (Phi) is 4.23. The molecule has 20 heavy (non-hydrogen) atoms. The number of nitrogens with two attached hydrogens (primary N) is 1. The van der Waals surface area contributed by atoms with Crippen LogP contribution in [0.15, 0.2) is 36.0 Å². The fourth-order valence-corrected chi connectivity index (χ4v) is 2.68. The standard InChI is InChI=1S/C16H21N3O/c1-11(2)10-19-15(13(8-17)9-18)7-12-5-3-4-6-14(12)16(19)20/h3-6,8-9,11,15,17H,7,10,18H2,1-2H3/b13-9+,17-8?. The first-order valence-corrected chi connectivity index (χ1v) is 6.89. The van der Waals surface area contributed by atoms with Gasteiger partial charge in [-0.3, -0.25) is 4.79 Å². The van der Waals surface area contributed by atoms with Crippen LogP contribution in [0.25, 0.3) is 0 Å². The highest BCUT2D eigenvalue weighted by molar-refractivity contribution is 5.98. The quantitative estimate of drug-likeness (QED) is 0.824. The van der Waals surface area contributed by atoms with Crippen LogP contribution >= 0.6 is 0 Å². The summed E-state index contributed by atoms with van der Waals surface area (Å²) in [5, 5.41) is 7.51. The van der Waals surface area contributed by atoms with Gasteiger partial charge < -0.3 is 16.0 Å². The monoisotopic (exact) mass is 271 g/mol. The smallest absolute Gasteiger partial charge is 0.254 e. The van der Waals surface area contributed by atoms with Gasteiger partial charge in [-0.05, 0) is 24.0 Å². The summed E-state index contributed by atoms with van der Waals surface area (Å²) in [7, 11) is 0. The Balaban J connectivity index is 2.45. The third-order valence-electron chi connectivity index (χ3n) is 3.60. The maximum Gasteiger partial charge on any atom is 0.254 e. The van der Waals surface area contributed by atoms with E-state index in [0.29, 0.717) is 24.5 Å². The molecule has 1 heterocycles. The zero-order chi connectivity index (χ0) is 14.7. The second-order valence-corrected chi connectivity index (χ2v) is 5.54. The van der Waals surface area contributed by atoms with Gasteiger partial charge in [-0.2, -0.15) is 0 Å². The Labute approximate surface area is 119 Å². The third-order valence-corrected chi connectivity index (χ3v) is 3.60. The van der Waals surface area contributed by atoms with Crippen LogP contribution in [0.2, 0.25) is 0 Å². The van der Waals surface area contributed by atoms with Gasteiger partial charge in [-0.1, -0.05) is 32.0 Å². The lowest BCUT2D eigenvalue weighted by Crippen LogP contribution is -2.48. The summed E-state index contributed by atoms with van der Waals surface area (Å²) >= 11 is 0. The van der Waals surface area contributed by atoms with Crippen molar-refractivity contribution in [1.82, 2.24) is 4.90 Å². The molecule has 0 spiro atoms. The maximum atomic E-state index is 12.7. The number of rotatable bonds is 4. The molecule has 1 unspecified atom stereocenters. The van der Waals surface area contributed by atoms with Crippen LogP contribution < -0.4 is 5.73 Å². The molecule has 1 aliphatic rings. The van der Waals surface area contributed by atoms with Gasteiger partial charge in [-0.15, -0.1) is 0 Å². The molecule has 106 valence electrons. The number of hydrogen-bond donors (Lipinski definition) is 2. The predicted molar refractivity (Wildman–Crippen MR) is 80.9 cm³/mol. The highest BCUT2D eigenvalue weighted by atomic mass is 16.2. The largest absolute Gasteiger partial charge is 0.404 e. The first-order chi connectivity index (χ1) is 9.58. The molecule has 0 fully saturated rings. The number of carbonyl (C=O) groups is 1. The molecule has 0 aromatic heterocycles. The fourth-order valence-electron chi connectivity index (χ4n) is 2.68. The van der Waals surface area contributed by atoms with Gasteiger partial charge in [-0.25, -0.2) is 0 Å². The summed E-state index contributed by atoms with van der Waals surface area (Å²) in [6.07, 6.45) is 3.40. The van der Waals surface area contributed by atoms with Crippen LogP contribution in [0.4, 0.5) is 0 Å². The normalized spacial score (nSPS) is 19.1. The van der Waals surface area contributed by atoms with E-state index in [1.165, 1.54) is 12.4 Å².